The lowest BCUT2D eigenvalue weighted by Gasteiger charge is -2.11. The van der Waals surface area contributed by atoms with Crippen LogP contribution in [-0.4, -0.2) is 23.3 Å². The monoisotopic (exact) mass is 440 g/mol. The van der Waals surface area contributed by atoms with Crippen molar-refractivity contribution < 1.29 is 23.1 Å². The molecule has 160 valence electrons. The molecule has 0 aliphatic heterocycles. The summed E-state index contributed by atoms with van der Waals surface area (Å²) in [6, 6.07) is 9.04. The van der Waals surface area contributed by atoms with Gasteiger partial charge in [0.2, 0.25) is 0 Å². The first-order valence-corrected chi connectivity index (χ1v) is 10.5. The quantitative estimate of drug-likeness (QED) is 0.306. The fraction of sp³-hybridized carbons (Fsp3) is 0.273. The van der Waals surface area contributed by atoms with Crippen molar-refractivity contribution in [2.24, 2.45) is 0 Å². The number of carbonyl (C=O) groups excluding carboxylic acids is 1. The number of benzene rings is 1. The molecule has 0 N–H and O–H groups in total. The minimum atomic E-state index is -0.699. The molecule has 0 spiro atoms. The van der Waals surface area contributed by atoms with Gasteiger partial charge in [0.05, 0.1) is 12.0 Å². The van der Waals surface area contributed by atoms with E-state index in [9.17, 15) is 9.59 Å². The van der Waals surface area contributed by atoms with Crippen molar-refractivity contribution in [3.63, 3.8) is 0 Å². The average Bonchev–Trinajstić information content (AvgIpc) is 3.45. The molecule has 0 saturated carbocycles. The molecule has 1 aromatic carbocycles. The van der Waals surface area contributed by atoms with Gasteiger partial charge >= 0.3 is 11.6 Å². The van der Waals surface area contributed by atoms with Crippen LogP contribution in [0.1, 0.15) is 36.5 Å². The van der Waals surface area contributed by atoms with Crippen LogP contribution in [0.25, 0.3) is 21.7 Å². The number of fused-ring (bicyclic) bond motifs is 1. The highest BCUT2D eigenvalue weighted by molar-refractivity contribution is 7.13. The topological polar surface area (TPSA) is 105 Å². The molecular formula is C22H20N2O6S. The fourth-order valence-electron chi connectivity index (χ4n) is 3.22. The van der Waals surface area contributed by atoms with Gasteiger partial charge in [0.25, 0.3) is 11.8 Å². The Balaban J connectivity index is 1.43. The van der Waals surface area contributed by atoms with Gasteiger partial charge in [0.1, 0.15) is 11.3 Å². The number of ether oxygens (including phenoxy) is 2. The van der Waals surface area contributed by atoms with E-state index in [1.807, 2.05) is 30.5 Å². The Bertz CT molecular complexity index is 1280. The number of carbonyl (C=O) groups is 1. The molecule has 0 saturated heterocycles. The van der Waals surface area contributed by atoms with E-state index in [0.29, 0.717) is 22.8 Å². The van der Waals surface area contributed by atoms with Gasteiger partial charge in [-0.05, 0) is 49.4 Å². The van der Waals surface area contributed by atoms with Crippen LogP contribution in [0.4, 0.5) is 0 Å². The molecule has 1 atom stereocenters. The molecule has 4 rings (SSSR count). The van der Waals surface area contributed by atoms with Crippen molar-refractivity contribution in [2.45, 2.75) is 32.8 Å². The molecule has 8 nitrogen and oxygen atoms in total. The highest BCUT2D eigenvalue weighted by Crippen LogP contribution is 2.27. The van der Waals surface area contributed by atoms with Crippen molar-refractivity contribution in [1.29, 1.82) is 0 Å². The van der Waals surface area contributed by atoms with Crippen LogP contribution in [0.3, 0.4) is 0 Å². The van der Waals surface area contributed by atoms with Gasteiger partial charge in [0, 0.05) is 23.4 Å². The van der Waals surface area contributed by atoms with E-state index in [1.165, 1.54) is 11.3 Å². The average molecular weight is 440 g/mol. The number of nitrogens with zero attached hydrogens (tertiary/aromatic N) is 2. The van der Waals surface area contributed by atoms with Gasteiger partial charge in [-0.2, -0.15) is 0 Å². The number of aromatic nitrogens is 2. The number of hydrogen-bond donors (Lipinski definition) is 0. The Kier molecular flexibility index (Phi) is 5.85. The lowest BCUT2D eigenvalue weighted by molar-refractivity contribution is -0.149. The highest BCUT2D eigenvalue weighted by atomic mass is 32.1. The second-order valence-electron chi connectivity index (χ2n) is 6.91. The number of aryl methyl sites for hydroxylation is 1. The smallest absolute Gasteiger partial charge is 0.339 e. The summed E-state index contributed by atoms with van der Waals surface area (Å²) >= 11 is 1.48. The molecule has 0 aliphatic carbocycles. The van der Waals surface area contributed by atoms with Crippen LogP contribution in [0.5, 0.6) is 5.75 Å². The summed E-state index contributed by atoms with van der Waals surface area (Å²) in [5.41, 5.74) is 1.18. The largest absolute Gasteiger partial charge is 0.497 e. The first-order valence-electron chi connectivity index (χ1n) is 9.63. The molecule has 0 amide bonds. The maximum Gasteiger partial charge on any atom is 0.339 e. The van der Waals surface area contributed by atoms with Crippen LogP contribution < -0.4 is 10.4 Å². The Morgan fingerprint density at radius 2 is 2.06 bits per heavy atom. The van der Waals surface area contributed by atoms with E-state index in [2.05, 4.69) is 10.2 Å². The maximum atomic E-state index is 12.4. The predicted octanol–water partition coefficient (Wildman–Crippen LogP) is 4.46. The number of rotatable bonds is 7. The molecule has 31 heavy (non-hydrogen) atoms. The molecular weight excluding hydrogens is 420 g/mol. The summed E-state index contributed by atoms with van der Waals surface area (Å²) in [6.07, 6.45) is -0.481. The highest BCUT2D eigenvalue weighted by Gasteiger charge is 2.20. The molecule has 1 unspecified atom stereocenters. The molecule has 3 aromatic heterocycles. The Morgan fingerprint density at radius 3 is 2.81 bits per heavy atom. The minimum Gasteiger partial charge on any atom is -0.497 e. The van der Waals surface area contributed by atoms with E-state index in [-0.39, 0.29) is 18.7 Å². The number of thiophene rings is 1. The summed E-state index contributed by atoms with van der Waals surface area (Å²) in [7, 11) is 1.55. The zero-order valence-corrected chi connectivity index (χ0v) is 18.0. The molecule has 3 heterocycles. The number of esters is 1. The van der Waals surface area contributed by atoms with Crippen molar-refractivity contribution in [1.82, 2.24) is 10.2 Å². The van der Waals surface area contributed by atoms with Gasteiger partial charge in [-0.15, -0.1) is 21.5 Å². The van der Waals surface area contributed by atoms with Crippen molar-refractivity contribution in [3.8, 4) is 16.5 Å². The Labute approximate surface area is 181 Å². The molecule has 0 fully saturated rings. The van der Waals surface area contributed by atoms with Crippen LogP contribution in [-0.2, 0) is 16.0 Å². The predicted molar refractivity (Wildman–Crippen MR) is 114 cm³/mol. The normalized spacial score (nSPS) is 12.1. The van der Waals surface area contributed by atoms with Crippen LogP contribution >= 0.6 is 11.3 Å². The van der Waals surface area contributed by atoms with Crippen LogP contribution in [0.2, 0.25) is 0 Å². The molecule has 9 heteroatoms. The Hall–Kier alpha value is -3.46. The number of methoxy groups -OCH3 is 1. The molecule has 0 bridgehead atoms. The van der Waals surface area contributed by atoms with Crippen molar-refractivity contribution in [2.75, 3.05) is 7.11 Å². The maximum absolute atomic E-state index is 12.4. The standard InChI is InChI=1S/C22H20N2O6S/c1-12-15-7-6-14(27-3)11-17(15)29-22(26)16(12)8-9-19(25)28-13(2)20-23-24-21(30-20)18-5-4-10-31-18/h4-7,10-11,13H,8-9H2,1-3H3. The van der Waals surface area contributed by atoms with Gasteiger partial charge in [-0.3, -0.25) is 4.79 Å². The second-order valence-corrected chi connectivity index (χ2v) is 7.86. The summed E-state index contributed by atoms with van der Waals surface area (Å²) < 4.78 is 21.6. The first-order chi connectivity index (χ1) is 15.0. The molecule has 0 aliphatic rings. The van der Waals surface area contributed by atoms with Gasteiger partial charge in [-0.1, -0.05) is 6.07 Å². The molecule has 0 radical (unpaired) electrons. The summed E-state index contributed by atoms with van der Waals surface area (Å²) in [5, 5.41) is 10.6. The number of hydrogen-bond acceptors (Lipinski definition) is 9. The fourth-order valence-corrected chi connectivity index (χ4v) is 3.87. The van der Waals surface area contributed by atoms with Crippen molar-refractivity contribution in [3.05, 3.63) is 63.1 Å². The zero-order valence-electron chi connectivity index (χ0n) is 17.2. The second kappa shape index (κ2) is 8.73. The lowest BCUT2D eigenvalue weighted by atomic mass is 10.0. The Morgan fingerprint density at radius 1 is 1.23 bits per heavy atom. The lowest BCUT2D eigenvalue weighted by Crippen LogP contribution is -2.15. The first kappa shape index (κ1) is 20.8. The molecule has 4 aromatic rings. The van der Waals surface area contributed by atoms with Gasteiger partial charge < -0.3 is 18.3 Å². The third-order valence-corrected chi connectivity index (χ3v) is 5.76. The van der Waals surface area contributed by atoms with E-state index < -0.39 is 17.7 Å². The van der Waals surface area contributed by atoms with E-state index in [4.69, 9.17) is 18.3 Å². The van der Waals surface area contributed by atoms with Gasteiger partial charge in [0.15, 0.2) is 6.10 Å². The van der Waals surface area contributed by atoms with Crippen LogP contribution in [0.15, 0.2) is 49.3 Å². The summed E-state index contributed by atoms with van der Waals surface area (Å²) in [4.78, 5) is 25.6. The summed E-state index contributed by atoms with van der Waals surface area (Å²) in [6.45, 7) is 3.49. The minimum absolute atomic E-state index is 0.0174. The van der Waals surface area contributed by atoms with Crippen LogP contribution in [0, 0.1) is 6.92 Å². The third kappa shape index (κ3) is 4.36. The third-order valence-electron chi connectivity index (χ3n) is 4.90. The van der Waals surface area contributed by atoms with Crippen molar-refractivity contribution >= 4 is 28.3 Å². The summed E-state index contributed by atoms with van der Waals surface area (Å²) in [5.74, 6) is 0.724. The van der Waals surface area contributed by atoms with Gasteiger partial charge in [-0.25, -0.2) is 4.79 Å². The zero-order chi connectivity index (χ0) is 22.0. The van der Waals surface area contributed by atoms with E-state index in [1.54, 1.807) is 26.2 Å². The van der Waals surface area contributed by atoms with E-state index in [0.717, 1.165) is 15.8 Å². The van der Waals surface area contributed by atoms with E-state index >= 15 is 0 Å². The SMILES string of the molecule is COc1ccc2c(C)c(CCC(=O)OC(C)c3nnc(-c4cccs4)o3)c(=O)oc2c1.